The van der Waals surface area contributed by atoms with E-state index < -0.39 is 102 Å². The van der Waals surface area contributed by atoms with Crippen LogP contribution in [0.15, 0.2) is 30.5 Å². The Bertz CT molecular complexity index is 1890. The van der Waals surface area contributed by atoms with Crippen molar-refractivity contribution in [1.82, 2.24) is 24.8 Å². The zero-order valence-electron chi connectivity index (χ0n) is 43.1. The molecule has 18 nitrogen and oxygen atoms in total. The van der Waals surface area contributed by atoms with Crippen LogP contribution in [0.4, 0.5) is 0 Å². The largest absolute Gasteiger partial charge is 0.492 e. The van der Waals surface area contributed by atoms with Crippen LogP contribution in [0.1, 0.15) is 106 Å². The Morgan fingerprint density at radius 2 is 1.69 bits per heavy atom. The Hall–Kier alpha value is -2.85. The minimum absolute atomic E-state index is 0.108. The summed E-state index contributed by atoms with van der Waals surface area (Å²) in [5, 5.41) is 68.3. The molecule has 0 saturated carbocycles. The molecule has 2 aromatic rings. The van der Waals surface area contributed by atoms with Gasteiger partial charge in [0, 0.05) is 57.2 Å². The first-order valence-electron chi connectivity index (χ1n) is 24.7. The molecule has 1 aromatic heterocycles. The molecule has 3 aliphatic heterocycles. The number of aliphatic hydroxyl groups is 5. The summed E-state index contributed by atoms with van der Waals surface area (Å²) < 4.78 is 45.9. The molecule has 0 aliphatic carbocycles. The monoisotopic (exact) mass is 964 g/mol. The molecular formula is C50H85N5O13. The van der Waals surface area contributed by atoms with Crippen LogP contribution in [0, 0.1) is 24.7 Å². The van der Waals surface area contributed by atoms with Crippen LogP contribution < -0.4 is 4.74 Å². The summed E-state index contributed by atoms with van der Waals surface area (Å²) in [7, 11) is 5.29. The van der Waals surface area contributed by atoms with Gasteiger partial charge in [0.2, 0.25) is 0 Å². The molecule has 5 N–H and O–H groups in total. The lowest BCUT2D eigenvalue weighted by molar-refractivity contribution is -0.318. The number of hydrogen-bond acceptors (Lipinski definition) is 17. The number of nitrogens with zero attached hydrogens (tertiary/aromatic N) is 5. The Morgan fingerprint density at radius 1 is 0.985 bits per heavy atom. The van der Waals surface area contributed by atoms with E-state index in [2.05, 4.69) is 15.2 Å². The van der Waals surface area contributed by atoms with E-state index in [9.17, 15) is 30.3 Å². The second-order valence-electron chi connectivity index (χ2n) is 21.1. The Morgan fingerprint density at radius 3 is 2.35 bits per heavy atom. The molecule has 0 spiro atoms. The average molecular weight is 964 g/mol. The molecule has 388 valence electrons. The first-order chi connectivity index (χ1) is 31.8. The van der Waals surface area contributed by atoms with Crippen molar-refractivity contribution in [3.05, 3.63) is 41.7 Å². The molecule has 5 rings (SSSR count). The van der Waals surface area contributed by atoms with Crippen molar-refractivity contribution in [1.29, 1.82) is 0 Å². The van der Waals surface area contributed by atoms with Crippen molar-refractivity contribution >= 4 is 5.97 Å². The molecule has 0 amide bonds. The van der Waals surface area contributed by atoms with Crippen molar-refractivity contribution in [2.24, 2.45) is 17.8 Å². The maximum absolute atomic E-state index is 14.5. The van der Waals surface area contributed by atoms with Gasteiger partial charge < -0.3 is 68.5 Å². The number of cyclic esters (lactones) is 1. The molecule has 0 bridgehead atoms. The predicted octanol–water partition coefficient (Wildman–Crippen LogP) is 3.49. The van der Waals surface area contributed by atoms with Crippen molar-refractivity contribution < 1.29 is 63.5 Å². The fourth-order valence-electron chi connectivity index (χ4n) is 10.6. The van der Waals surface area contributed by atoms with Gasteiger partial charge in [0.15, 0.2) is 12.6 Å². The SMILES string of the molecule is CC[C@H]1OC(=O)[C@H](C)[C@@H](O[C@H]2C[C@@](C)(OC)[C@@H](O)[C@H](C)O2)[C@H](C)[C@@H](O[C@@H]2O[C@H](C)C[C@H](N(C)CCc3cn(CCOc4cccc(C)c4)nn3)[C@H]2O)[C@](C)(O)C[C@@H](C)CN(C)[C@H](C)[C@@H](O)[C@]1(C)O. The summed E-state index contributed by atoms with van der Waals surface area (Å²) in [6.45, 7) is 21.6. The van der Waals surface area contributed by atoms with Crippen LogP contribution in [0.2, 0.25) is 0 Å². The highest BCUT2D eigenvalue weighted by atomic mass is 16.7. The normalized spacial score (nSPS) is 40.6. The van der Waals surface area contributed by atoms with E-state index in [1.165, 1.54) is 14.0 Å². The van der Waals surface area contributed by atoms with E-state index in [0.29, 0.717) is 39.1 Å². The van der Waals surface area contributed by atoms with E-state index in [-0.39, 0.29) is 31.3 Å². The molecule has 18 atom stereocenters. The smallest absolute Gasteiger partial charge is 0.311 e. The number of benzene rings is 1. The summed E-state index contributed by atoms with van der Waals surface area (Å²) in [6.07, 6.45) is -6.45. The van der Waals surface area contributed by atoms with E-state index >= 15 is 0 Å². The lowest BCUT2D eigenvalue weighted by Crippen LogP contribution is -2.61. The van der Waals surface area contributed by atoms with Gasteiger partial charge in [-0.1, -0.05) is 38.1 Å². The number of hydrogen-bond donors (Lipinski definition) is 5. The number of aromatic nitrogens is 3. The van der Waals surface area contributed by atoms with Crippen LogP contribution in [0.25, 0.3) is 0 Å². The molecule has 3 aliphatic rings. The van der Waals surface area contributed by atoms with Crippen molar-refractivity contribution in [2.75, 3.05) is 40.9 Å². The summed E-state index contributed by atoms with van der Waals surface area (Å²) in [5.74, 6) is -1.95. The van der Waals surface area contributed by atoms with Gasteiger partial charge in [-0.05, 0) is 112 Å². The molecule has 1 aromatic carbocycles. The quantitative estimate of drug-likeness (QED) is 0.171. The van der Waals surface area contributed by atoms with E-state index in [0.717, 1.165) is 17.0 Å². The fraction of sp³-hybridized carbons (Fsp3) is 0.820. The fourth-order valence-corrected chi connectivity index (χ4v) is 10.6. The van der Waals surface area contributed by atoms with E-state index in [4.69, 9.17) is 33.2 Å². The summed E-state index contributed by atoms with van der Waals surface area (Å²) in [6, 6.07) is 6.92. The maximum atomic E-state index is 14.5. The number of ether oxygens (including phenoxy) is 7. The summed E-state index contributed by atoms with van der Waals surface area (Å²) in [5.41, 5.74) is -2.59. The van der Waals surface area contributed by atoms with Crippen molar-refractivity contribution in [2.45, 2.75) is 205 Å². The highest BCUT2D eigenvalue weighted by Gasteiger charge is 2.53. The number of methoxy groups -OCH3 is 1. The van der Waals surface area contributed by atoms with E-state index in [1.54, 1.807) is 46.2 Å². The van der Waals surface area contributed by atoms with Gasteiger partial charge in [0.05, 0.1) is 53.8 Å². The molecule has 3 fully saturated rings. The standard InChI is InChI=1S/C50H85N5O13/c1-15-39-50(11,61)43(57)34(7)54(13)27-30(3)25-48(9,60)45(32(5)42(33(6)46(59)66-39)67-40-26-49(10,62-14)44(58)35(8)65-40)68-47-41(56)38(24-31(4)64-47)53(12)20-19-36-28-55(52-51-36)21-22-63-37-18-16-17-29(2)23-37/h16-18,23,28,30-35,38-45,47,56-58,60-61H,15,19-22,24-27H2,1-14H3/t30-,31-,32+,33-,34-,35+,38+,39-,40+,41-,42+,43-,44+,45-,47+,48-,49-,50-/m1/s1. The first-order valence-corrected chi connectivity index (χ1v) is 24.7. The number of likely N-dealkylation sites (N-methyl/N-ethyl adjacent to an activating group) is 2. The van der Waals surface area contributed by atoms with Gasteiger partial charge in [0.1, 0.15) is 42.4 Å². The van der Waals surface area contributed by atoms with Crippen molar-refractivity contribution in [3.63, 3.8) is 0 Å². The van der Waals surface area contributed by atoms with Gasteiger partial charge in [-0.15, -0.1) is 5.10 Å². The molecule has 3 saturated heterocycles. The highest BCUT2D eigenvalue weighted by molar-refractivity contribution is 5.73. The first kappa shape index (κ1) is 56.1. The minimum atomic E-state index is -1.83. The Balaban J connectivity index is 1.42. The van der Waals surface area contributed by atoms with Crippen LogP contribution in [-0.2, 0) is 46.2 Å². The zero-order valence-corrected chi connectivity index (χ0v) is 43.1. The third-order valence-electron chi connectivity index (χ3n) is 15.0. The van der Waals surface area contributed by atoms with Gasteiger partial charge in [-0.25, -0.2) is 4.68 Å². The molecule has 0 radical (unpaired) electrons. The second-order valence-corrected chi connectivity index (χ2v) is 21.1. The summed E-state index contributed by atoms with van der Waals surface area (Å²) >= 11 is 0. The highest BCUT2D eigenvalue weighted by Crippen LogP contribution is 2.40. The number of carbonyl (C=O) groups excluding carboxylic acids is 1. The second kappa shape index (κ2) is 23.6. The Kier molecular flexibility index (Phi) is 19.4. The average Bonchev–Trinajstić information content (AvgIpc) is 3.74. The number of aryl methyl sites for hydroxylation is 1. The third kappa shape index (κ3) is 13.6. The Labute approximate surface area is 404 Å². The predicted molar refractivity (Wildman–Crippen MR) is 254 cm³/mol. The lowest BCUT2D eigenvalue weighted by atomic mass is 9.77. The van der Waals surface area contributed by atoms with Crippen molar-refractivity contribution in [3.8, 4) is 5.75 Å². The molecule has 68 heavy (non-hydrogen) atoms. The van der Waals surface area contributed by atoms with Gasteiger partial charge in [0.25, 0.3) is 0 Å². The molecule has 18 heteroatoms. The molecule has 4 heterocycles. The number of esters is 1. The maximum Gasteiger partial charge on any atom is 0.311 e. The van der Waals surface area contributed by atoms with Gasteiger partial charge in [-0.2, -0.15) is 0 Å². The van der Waals surface area contributed by atoms with Crippen LogP contribution in [0.3, 0.4) is 0 Å². The topological polar surface area (TPSA) is 220 Å². The molecule has 0 unspecified atom stereocenters. The van der Waals surface area contributed by atoms with Crippen LogP contribution in [-0.4, -0.2) is 187 Å². The van der Waals surface area contributed by atoms with Gasteiger partial charge >= 0.3 is 5.97 Å². The molecular weight excluding hydrogens is 879 g/mol. The summed E-state index contributed by atoms with van der Waals surface area (Å²) in [4.78, 5) is 18.4. The van der Waals surface area contributed by atoms with Crippen LogP contribution >= 0.6 is 0 Å². The zero-order chi connectivity index (χ0) is 50.5. The number of aliphatic hydroxyl groups excluding tert-OH is 3. The lowest BCUT2D eigenvalue weighted by Gasteiger charge is -2.49. The van der Waals surface area contributed by atoms with Crippen LogP contribution in [0.5, 0.6) is 5.75 Å². The minimum Gasteiger partial charge on any atom is -0.492 e. The number of carbonyl (C=O) groups is 1. The third-order valence-corrected chi connectivity index (χ3v) is 15.0. The van der Waals surface area contributed by atoms with Gasteiger partial charge in [-0.3, -0.25) is 4.79 Å². The van der Waals surface area contributed by atoms with E-state index in [1.807, 2.05) is 77.2 Å². The number of rotatable bonds is 14.